The van der Waals surface area contributed by atoms with Gasteiger partial charge in [-0.2, -0.15) is 0 Å². The molecular weight excluding hydrogens is 465 g/mol. The lowest BCUT2D eigenvalue weighted by Gasteiger charge is -2.09. The van der Waals surface area contributed by atoms with Gasteiger partial charge in [0.2, 0.25) is 0 Å². The Bertz CT molecular complexity index is 1040. The molecule has 30 heavy (non-hydrogen) atoms. The van der Waals surface area contributed by atoms with E-state index in [1.165, 1.54) is 0 Å². The van der Waals surface area contributed by atoms with Crippen LogP contribution in [0.2, 0.25) is 15.1 Å². The molecule has 0 fully saturated rings. The number of anilines is 1. The highest BCUT2D eigenvalue weighted by Crippen LogP contribution is 2.29. The Morgan fingerprint density at radius 2 is 1.60 bits per heavy atom. The zero-order valence-electron chi connectivity index (χ0n) is 15.5. The van der Waals surface area contributed by atoms with Gasteiger partial charge in [0.25, 0.3) is 5.91 Å². The molecule has 0 aliphatic heterocycles. The van der Waals surface area contributed by atoms with E-state index >= 15 is 0 Å². The molecule has 0 radical (unpaired) electrons. The summed E-state index contributed by atoms with van der Waals surface area (Å²) in [5.74, 6) is -0.345. The van der Waals surface area contributed by atoms with Gasteiger partial charge in [0, 0.05) is 15.7 Å². The summed E-state index contributed by atoms with van der Waals surface area (Å²) in [4.78, 5) is 25.3. The summed E-state index contributed by atoms with van der Waals surface area (Å²) in [5.41, 5.74) is 1.77. The number of halogens is 3. The van der Waals surface area contributed by atoms with E-state index in [4.69, 9.17) is 39.5 Å². The van der Waals surface area contributed by atoms with Gasteiger partial charge < -0.3 is 10.1 Å². The zero-order valence-corrected chi connectivity index (χ0v) is 18.6. The fraction of sp³-hybridized carbons (Fsp3) is 0.0909. The van der Waals surface area contributed by atoms with Gasteiger partial charge >= 0.3 is 5.97 Å². The van der Waals surface area contributed by atoms with Crippen molar-refractivity contribution in [3.05, 3.63) is 92.9 Å². The van der Waals surface area contributed by atoms with Crippen molar-refractivity contribution in [2.45, 2.75) is 10.6 Å². The lowest BCUT2D eigenvalue weighted by molar-refractivity contribution is -0.119. The van der Waals surface area contributed by atoms with Gasteiger partial charge in [-0.1, -0.05) is 53.0 Å². The van der Waals surface area contributed by atoms with Crippen molar-refractivity contribution in [1.29, 1.82) is 0 Å². The van der Waals surface area contributed by atoms with Gasteiger partial charge in [-0.05, 0) is 54.1 Å². The fourth-order valence-electron chi connectivity index (χ4n) is 2.44. The van der Waals surface area contributed by atoms with E-state index in [0.717, 1.165) is 16.2 Å². The molecule has 3 aromatic carbocycles. The van der Waals surface area contributed by atoms with Gasteiger partial charge in [0.15, 0.2) is 6.61 Å². The van der Waals surface area contributed by atoms with Crippen molar-refractivity contribution in [2.24, 2.45) is 0 Å². The molecule has 0 atom stereocenters. The number of carbonyl (C=O) groups excluding carboxylic acids is 2. The molecule has 1 N–H and O–H groups in total. The van der Waals surface area contributed by atoms with Crippen molar-refractivity contribution in [3.63, 3.8) is 0 Å². The first-order valence-electron chi connectivity index (χ1n) is 8.80. The molecule has 0 bridgehead atoms. The maximum atomic E-state index is 12.2. The van der Waals surface area contributed by atoms with E-state index in [2.05, 4.69) is 5.32 Å². The Hall–Kier alpha value is -2.18. The van der Waals surface area contributed by atoms with Crippen molar-refractivity contribution in [2.75, 3.05) is 11.9 Å². The Morgan fingerprint density at radius 1 is 0.900 bits per heavy atom. The number of rotatable bonds is 7. The van der Waals surface area contributed by atoms with Crippen molar-refractivity contribution < 1.29 is 14.3 Å². The second-order valence-corrected chi connectivity index (χ2v) is 8.44. The number of benzene rings is 3. The largest absolute Gasteiger partial charge is 0.452 e. The number of nitrogens with one attached hydrogen (secondary N) is 1. The first-order chi connectivity index (χ1) is 14.4. The van der Waals surface area contributed by atoms with E-state index in [9.17, 15) is 9.59 Å². The Balaban J connectivity index is 1.48. The maximum Gasteiger partial charge on any atom is 0.338 e. The molecule has 4 nitrogen and oxygen atoms in total. The van der Waals surface area contributed by atoms with Crippen LogP contribution in [0.5, 0.6) is 0 Å². The number of hydrogen-bond donors (Lipinski definition) is 1. The third-order valence-corrected chi connectivity index (χ3v) is 6.12. The normalized spacial score (nSPS) is 10.5. The lowest BCUT2D eigenvalue weighted by Crippen LogP contribution is -2.21. The second-order valence-electron chi connectivity index (χ2n) is 6.17. The molecule has 1 amide bonds. The number of carbonyl (C=O) groups is 2. The van der Waals surface area contributed by atoms with Gasteiger partial charge in [0.1, 0.15) is 0 Å². The van der Waals surface area contributed by atoms with Gasteiger partial charge in [-0.15, -0.1) is 11.8 Å². The first-order valence-corrected chi connectivity index (χ1v) is 10.9. The second kappa shape index (κ2) is 10.7. The molecule has 0 aromatic heterocycles. The highest BCUT2D eigenvalue weighted by Gasteiger charge is 2.12. The highest BCUT2D eigenvalue weighted by molar-refractivity contribution is 7.98. The van der Waals surface area contributed by atoms with Crippen LogP contribution in [0, 0.1) is 0 Å². The molecule has 8 heteroatoms. The quantitative estimate of drug-likeness (QED) is 0.301. The zero-order chi connectivity index (χ0) is 21.5. The van der Waals surface area contributed by atoms with Crippen LogP contribution >= 0.6 is 46.6 Å². The Morgan fingerprint density at radius 3 is 2.30 bits per heavy atom. The van der Waals surface area contributed by atoms with Gasteiger partial charge in [-0.25, -0.2) is 4.79 Å². The minimum Gasteiger partial charge on any atom is -0.452 e. The molecule has 3 rings (SSSR count). The smallest absolute Gasteiger partial charge is 0.338 e. The first kappa shape index (κ1) is 22.5. The van der Waals surface area contributed by atoms with Crippen LogP contribution in [-0.2, 0) is 15.3 Å². The molecule has 0 saturated carbocycles. The van der Waals surface area contributed by atoms with Crippen LogP contribution in [0.3, 0.4) is 0 Å². The predicted molar refractivity (Wildman–Crippen MR) is 123 cm³/mol. The number of thioether (sulfide) groups is 1. The Kier molecular flexibility index (Phi) is 8.05. The van der Waals surface area contributed by atoms with Crippen LogP contribution in [0.15, 0.2) is 71.6 Å². The average molecular weight is 481 g/mol. The molecule has 0 saturated heterocycles. The van der Waals surface area contributed by atoms with Crippen LogP contribution in [0.25, 0.3) is 0 Å². The third kappa shape index (κ3) is 6.41. The molecule has 0 aliphatic carbocycles. The van der Waals surface area contributed by atoms with E-state index < -0.39 is 18.5 Å². The fourth-order valence-corrected chi connectivity index (χ4v) is 3.76. The van der Waals surface area contributed by atoms with E-state index in [1.54, 1.807) is 42.1 Å². The van der Waals surface area contributed by atoms with Crippen LogP contribution in [0.4, 0.5) is 5.69 Å². The summed E-state index contributed by atoms with van der Waals surface area (Å²) < 4.78 is 5.07. The summed E-state index contributed by atoms with van der Waals surface area (Å²) in [5, 5.41) is 3.81. The molecule has 0 aliphatic rings. The van der Waals surface area contributed by atoms with E-state index in [1.807, 2.05) is 36.4 Å². The molecule has 3 aromatic rings. The molecule has 0 spiro atoms. The van der Waals surface area contributed by atoms with Crippen molar-refractivity contribution in [1.82, 2.24) is 0 Å². The van der Waals surface area contributed by atoms with Crippen LogP contribution in [-0.4, -0.2) is 18.5 Å². The predicted octanol–water partition coefficient (Wildman–Crippen LogP) is 6.73. The van der Waals surface area contributed by atoms with Gasteiger partial charge in [-0.3, -0.25) is 4.79 Å². The summed E-state index contributed by atoms with van der Waals surface area (Å²) in [6, 6.07) is 19.5. The van der Waals surface area contributed by atoms with E-state index in [0.29, 0.717) is 21.3 Å². The number of esters is 1. The lowest BCUT2D eigenvalue weighted by atomic mass is 10.1. The van der Waals surface area contributed by atoms with Crippen molar-refractivity contribution >= 4 is 64.1 Å². The topological polar surface area (TPSA) is 55.4 Å². The monoisotopic (exact) mass is 479 g/mol. The molecule has 0 heterocycles. The van der Waals surface area contributed by atoms with Crippen molar-refractivity contribution in [3.8, 4) is 0 Å². The maximum absolute atomic E-state index is 12.2. The molecular formula is C22H16Cl3NO3S. The van der Waals surface area contributed by atoms with Crippen LogP contribution in [0.1, 0.15) is 15.9 Å². The number of hydrogen-bond acceptors (Lipinski definition) is 4. The van der Waals surface area contributed by atoms with E-state index in [-0.39, 0.29) is 5.02 Å². The summed E-state index contributed by atoms with van der Waals surface area (Å²) in [6.45, 7) is -0.435. The highest BCUT2D eigenvalue weighted by atomic mass is 35.5. The van der Waals surface area contributed by atoms with Crippen LogP contribution < -0.4 is 5.32 Å². The minimum absolute atomic E-state index is 0.228. The SMILES string of the molecule is O=C(COC(=O)c1ccc(CSc2ccc(Cl)cc2)cc1)Nc1cccc(Cl)c1Cl. The Labute approximate surface area is 193 Å². The van der Waals surface area contributed by atoms with Gasteiger partial charge in [0.05, 0.1) is 21.3 Å². The average Bonchev–Trinajstić information content (AvgIpc) is 2.75. The summed E-state index contributed by atoms with van der Waals surface area (Å²) >= 11 is 19.5. The number of ether oxygens (including phenoxy) is 1. The summed E-state index contributed by atoms with van der Waals surface area (Å²) in [6.07, 6.45) is 0. The standard InChI is InChI=1S/C22H16Cl3NO3S/c23-16-8-10-17(11-9-16)30-13-14-4-6-15(7-5-14)22(28)29-12-20(27)26-19-3-1-2-18(24)21(19)25/h1-11H,12-13H2,(H,26,27). The summed E-state index contributed by atoms with van der Waals surface area (Å²) in [7, 11) is 0. The molecule has 0 unspecified atom stereocenters. The number of amides is 1. The minimum atomic E-state index is -0.584. The third-order valence-electron chi connectivity index (χ3n) is 3.97. The molecule has 154 valence electrons.